The van der Waals surface area contributed by atoms with Gasteiger partial charge in [0.2, 0.25) is 5.78 Å². The van der Waals surface area contributed by atoms with Gasteiger partial charge in [-0.1, -0.05) is 71.9 Å². The second-order valence-electron chi connectivity index (χ2n) is 17.0. The number of ketones is 1. The summed E-state index contributed by atoms with van der Waals surface area (Å²) >= 11 is 14.4. The summed E-state index contributed by atoms with van der Waals surface area (Å²) in [7, 11) is 0. The van der Waals surface area contributed by atoms with Crippen LogP contribution >= 0.6 is 63.7 Å². The standard InChI is InChI=1S/C50H42Br4O6/c1-49(2,3)27-57-41-13-9-7-11-33(41)45-23-29(21-43(59-45)31-15-17-37(51)39(53)25-31)19-35-47(55)36(48(35)56)20-30-22-44(32-16-18-38(52)40(54)26-32)60-46(24-30)34-12-8-10-14-42(34)58-28-50(4,5)6/h7-26H,27-28H2,1-6H3/p+1. The largest absolute Gasteiger partial charge is 0.506 e. The van der Waals surface area contributed by atoms with Crippen LogP contribution in [0.4, 0.5) is 0 Å². The van der Waals surface area contributed by atoms with Gasteiger partial charge in [0.25, 0.3) is 0 Å². The van der Waals surface area contributed by atoms with E-state index in [0.29, 0.717) is 58.9 Å². The number of para-hydroxylation sites is 2. The van der Waals surface area contributed by atoms with E-state index in [1.54, 1.807) is 12.2 Å². The number of benzene rings is 4. The maximum absolute atomic E-state index is 14.0. The van der Waals surface area contributed by atoms with Gasteiger partial charge in [-0.15, -0.1) is 0 Å². The molecule has 0 saturated heterocycles. The summed E-state index contributed by atoms with van der Waals surface area (Å²) in [5.41, 5.74) is 4.75. The molecule has 2 heterocycles. The molecule has 60 heavy (non-hydrogen) atoms. The lowest BCUT2D eigenvalue weighted by Crippen LogP contribution is -2.21. The van der Waals surface area contributed by atoms with E-state index < -0.39 is 0 Å². The van der Waals surface area contributed by atoms with E-state index in [0.717, 1.165) is 40.1 Å². The Hall–Kier alpha value is -4.48. The predicted octanol–water partition coefficient (Wildman–Crippen LogP) is 15.6. The first-order valence-corrected chi connectivity index (χ1v) is 22.5. The molecule has 5 aromatic rings. The van der Waals surface area contributed by atoms with Gasteiger partial charge in [-0.25, -0.2) is 4.42 Å². The van der Waals surface area contributed by atoms with Crippen LogP contribution in [0.25, 0.3) is 40.2 Å². The first-order chi connectivity index (χ1) is 28.4. The Morgan fingerprint density at radius 3 is 1.77 bits per heavy atom. The molecule has 1 N–H and O–H groups in total. The van der Waals surface area contributed by atoms with E-state index in [2.05, 4.69) is 105 Å². The number of aliphatic hydroxyl groups is 1. The Morgan fingerprint density at radius 2 is 1.17 bits per heavy atom. The van der Waals surface area contributed by atoms with E-state index in [1.165, 1.54) is 0 Å². The van der Waals surface area contributed by atoms with Crippen LogP contribution in [-0.4, -0.2) is 24.1 Å². The third-order valence-electron chi connectivity index (χ3n) is 9.29. The zero-order valence-electron chi connectivity index (χ0n) is 34.0. The van der Waals surface area contributed by atoms with Crippen molar-refractivity contribution < 1.29 is 28.5 Å². The molecule has 0 bridgehead atoms. The number of Topliss-reactive ketones (excluding diaryl/α,β-unsaturated/α-hetero) is 1. The molecule has 306 valence electrons. The van der Waals surface area contributed by atoms with Crippen molar-refractivity contribution >= 4 is 87.1 Å². The lowest BCUT2D eigenvalue weighted by atomic mass is 9.85. The number of hydrogen-bond donors (Lipinski definition) is 1. The van der Waals surface area contributed by atoms with Gasteiger partial charge in [0.1, 0.15) is 34.3 Å². The summed E-state index contributed by atoms with van der Waals surface area (Å²) in [5, 5.41) is 11.6. The quantitative estimate of drug-likeness (QED) is 0.111. The van der Waals surface area contributed by atoms with E-state index in [4.69, 9.17) is 18.6 Å². The molecule has 0 saturated carbocycles. The zero-order chi connectivity index (χ0) is 42.9. The molecule has 10 heteroatoms. The van der Waals surface area contributed by atoms with Crippen LogP contribution in [0, 0.1) is 10.8 Å². The normalized spacial score (nSPS) is 15.7. The zero-order valence-corrected chi connectivity index (χ0v) is 40.3. The Morgan fingerprint density at radius 1 is 0.633 bits per heavy atom. The minimum Gasteiger partial charge on any atom is -0.506 e. The smallest absolute Gasteiger partial charge is 0.365 e. The molecule has 1 aromatic heterocycles. The molecule has 0 unspecified atom stereocenters. The average molecular weight is 1060 g/mol. The number of halogens is 4. The highest BCUT2D eigenvalue weighted by Crippen LogP contribution is 2.41. The van der Waals surface area contributed by atoms with Crippen LogP contribution in [0.5, 0.6) is 11.5 Å². The molecule has 4 aromatic carbocycles. The van der Waals surface area contributed by atoms with Crippen LogP contribution in [0.15, 0.2) is 160 Å². The number of carbonyl (C=O) groups excluding carboxylic acids is 1. The Kier molecular flexibility index (Phi) is 13.0. The summed E-state index contributed by atoms with van der Waals surface area (Å²) in [4.78, 5) is 14.0. The van der Waals surface area contributed by atoms with Gasteiger partial charge >= 0.3 is 11.5 Å². The molecule has 2 aliphatic rings. The predicted molar refractivity (Wildman–Crippen MR) is 255 cm³/mol. The van der Waals surface area contributed by atoms with Crippen molar-refractivity contribution in [1.29, 1.82) is 0 Å². The van der Waals surface area contributed by atoms with Crippen LogP contribution in [0.1, 0.15) is 58.2 Å². The third kappa shape index (κ3) is 10.3. The highest BCUT2D eigenvalue weighted by Gasteiger charge is 2.34. The van der Waals surface area contributed by atoms with Gasteiger partial charge in [-0.3, -0.25) is 4.79 Å². The summed E-state index contributed by atoms with van der Waals surface area (Å²) < 4.78 is 29.2. The van der Waals surface area contributed by atoms with Crippen molar-refractivity contribution in [2.75, 3.05) is 13.2 Å². The van der Waals surface area contributed by atoms with Crippen LogP contribution in [-0.2, 0) is 9.53 Å². The van der Waals surface area contributed by atoms with Crippen LogP contribution < -0.4 is 9.47 Å². The molecule has 0 spiro atoms. The van der Waals surface area contributed by atoms with Crippen molar-refractivity contribution in [2.24, 2.45) is 10.8 Å². The van der Waals surface area contributed by atoms with E-state index >= 15 is 0 Å². The number of rotatable bonds is 10. The Labute approximate surface area is 384 Å². The molecule has 6 nitrogen and oxygen atoms in total. The Balaban J connectivity index is 1.30. The third-order valence-corrected chi connectivity index (χ3v) is 13.0. The molecule has 0 radical (unpaired) electrons. The second kappa shape index (κ2) is 17.9. The molecule has 0 fully saturated rings. The van der Waals surface area contributed by atoms with Crippen molar-refractivity contribution in [2.45, 2.75) is 41.5 Å². The number of hydrogen-bond acceptors (Lipinski definition) is 5. The summed E-state index contributed by atoms with van der Waals surface area (Å²) in [5.74, 6) is 3.19. The number of ether oxygens (including phenoxy) is 3. The summed E-state index contributed by atoms with van der Waals surface area (Å²) in [6.07, 6.45) is 7.12. The number of carbonyl (C=O) groups is 1. The molecule has 0 amide bonds. The fourth-order valence-corrected chi connectivity index (χ4v) is 7.53. The monoisotopic (exact) mass is 1050 g/mol. The van der Waals surface area contributed by atoms with E-state index in [1.807, 2.05) is 109 Å². The van der Waals surface area contributed by atoms with Gasteiger partial charge in [-0.05, 0) is 165 Å². The second-order valence-corrected chi connectivity index (χ2v) is 20.4. The maximum atomic E-state index is 14.0. The molecule has 1 aliphatic carbocycles. The highest BCUT2D eigenvalue weighted by atomic mass is 79.9. The van der Waals surface area contributed by atoms with Gasteiger partial charge in [0.05, 0.1) is 47.6 Å². The maximum Gasteiger partial charge on any atom is 0.365 e. The molecule has 0 atom stereocenters. The SMILES string of the molecule is CC(C)(C)COc1ccccc1C1=CC(=CC2=C(O)C(=Cc3cc(-c4ccc(Br)c(Br)c4)[o+]c(-c4ccccc4OCC(C)(C)C)c3)C2=O)C=C(c2ccc(Br)c(Br)c2)O1. The van der Waals surface area contributed by atoms with Crippen LogP contribution in [0.2, 0.25) is 0 Å². The van der Waals surface area contributed by atoms with Gasteiger partial charge in [0.15, 0.2) is 0 Å². The summed E-state index contributed by atoms with van der Waals surface area (Å²) in [6.45, 7) is 13.7. The van der Waals surface area contributed by atoms with Gasteiger partial charge < -0.3 is 19.3 Å². The highest BCUT2D eigenvalue weighted by molar-refractivity contribution is 9.13. The first kappa shape index (κ1) is 43.6. The fraction of sp³-hybridized carbons (Fsp3) is 0.200. The minimum atomic E-state index is -0.291. The minimum absolute atomic E-state index is 0.0622. The molecular weight excluding hydrogens is 1020 g/mol. The summed E-state index contributed by atoms with van der Waals surface area (Å²) in [6, 6.07) is 30.9. The van der Waals surface area contributed by atoms with Crippen LogP contribution in [0.3, 0.4) is 0 Å². The average Bonchev–Trinajstić information content (AvgIpc) is 3.21. The molecule has 7 rings (SSSR count). The van der Waals surface area contributed by atoms with Crippen molar-refractivity contribution in [1.82, 2.24) is 0 Å². The number of aliphatic hydroxyl groups excluding tert-OH is 1. The topological polar surface area (TPSA) is 76.3 Å². The molecule has 1 aliphatic heterocycles. The Bertz CT molecular complexity index is 2670. The lowest BCUT2D eigenvalue weighted by molar-refractivity contribution is -0.113. The van der Waals surface area contributed by atoms with Crippen molar-refractivity contribution in [3.63, 3.8) is 0 Å². The first-order valence-electron chi connectivity index (χ1n) is 19.3. The number of allylic oxidation sites excluding steroid dienone is 6. The van der Waals surface area contributed by atoms with E-state index in [-0.39, 0.29) is 33.5 Å². The lowest BCUT2D eigenvalue weighted by Gasteiger charge is -2.24. The molecular formula is C50H43Br4O6+. The van der Waals surface area contributed by atoms with Gasteiger partial charge in [-0.2, -0.15) is 0 Å². The fourth-order valence-electron chi connectivity index (χ4n) is 6.28. The van der Waals surface area contributed by atoms with Crippen molar-refractivity contribution in [3.8, 4) is 34.1 Å². The van der Waals surface area contributed by atoms with E-state index in [9.17, 15) is 9.90 Å². The van der Waals surface area contributed by atoms with Crippen molar-refractivity contribution in [3.05, 3.63) is 172 Å². The van der Waals surface area contributed by atoms with Gasteiger partial charge in [0, 0.05) is 23.5 Å².